The highest BCUT2D eigenvalue weighted by molar-refractivity contribution is 6.29. The van der Waals surface area contributed by atoms with Crippen LogP contribution in [0.1, 0.15) is 5.69 Å². The quantitative estimate of drug-likeness (QED) is 0.604. The number of aliphatic hydroxyl groups excluding tert-OH is 1. The predicted molar refractivity (Wildman–Crippen MR) is 35.8 cm³/mol. The van der Waals surface area contributed by atoms with Crippen molar-refractivity contribution in [2.24, 2.45) is 0 Å². The Bertz CT molecular complexity index is 283. The minimum atomic E-state index is -0.445. The largest absolute Gasteiger partial charge is 0.390 e. The zero-order valence-corrected chi connectivity index (χ0v) is 5.72. The Hall–Kier alpha value is -0.870. The van der Waals surface area contributed by atoms with E-state index in [1.54, 1.807) is 0 Å². The van der Waals surface area contributed by atoms with Crippen molar-refractivity contribution < 1.29 is 5.11 Å². The molecule has 54 valence electrons. The van der Waals surface area contributed by atoms with E-state index in [0.717, 1.165) is 0 Å². The maximum atomic E-state index is 10.6. The highest BCUT2D eigenvalue weighted by atomic mass is 35.5. The zero-order valence-electron chi connectivity index (χ0n) is 4.97. The molecule has 0 aliphatic heterocycles. The molecule has 1 heterocycles. The second-order valence-corrected chi connectivity index (χ2v) is 2.03. The van der Waals surface area contributed by atoms with Gasteiger partial charge in [0.15, 0.2) is 5.15 Å². The molecule has 2 N–H and O–H groups in total. The van der Waals surface area contributed by atoms with E-state index in [4.69, 9.17) is 16.7 Å². The van der Waals surface area contributed by atoms with E-state index in [2.05, 4.69) is 9.97 Å². The predicted octanol–water partition coefficient (Wildman–Crippen LogP) is -0.0844. The van der Waals surface area contributed by atoms with Crippen molar-refractivity contribution in [1.29, 1.82) is 0 Å². The van der Waals surface area contributed by atoms with E-state index in [0.29, 0.717) is 5.69 Å². The molecule has 0 aliphatic rings. The summed E-state index contributed by atoms with van der Waals surface area (Å²) in [7, 11) is 0. The van der Waals surface area contributed by atoms with Gasteiger partial charge < -0.3 is 10.1 Å². The topological polar surface area (TPSA) is 66.0 Å². The molecule has 0 saturated heterocycles. The third kappa shape index (κ3) is 1.34. The maximum Gasteiger partial charge on any atom is 0.285 e. The number of hydrogen-bond donors (Lipinski definition) is 2. The minimum absolute atomic E-state index is 0.147. The summed E-state index contributed by atoms with van der Waals surface area (Å²) in [5.74, 6) is 0. The fraction of sp³-hybridized carbons (Fsp3) is 0.200. The van der Waals surface area contributed by atoms with Crippen molar-refractivity contribution >= 4 is 11.6 Å². The van der Waals surface area contributed by atoms with E-state index >= 15 is 0 Å². The lowest BCUT2D eigenvalue weighted by molar-refractivity contribution is 0.276. The lowest BCUT2D eigenvalue weighted by Gasteiger charge is -1.92. The van der Waals surface area contributed by atoms with Crippen LogP contribution in [0.4, 0.5) is 0 Å². The molecule has 0 aromatic carbocycles. The van der Waals surface area contributed by atoms with Crippen LogP contribution in [-0.2, 0) is 6.61 Å². The highest BCUT2D eigenvalue weighted by Gasteiger charge is 1.97. The van der Waals surface area contributed by atoms with Gasteiger partial charge in [0.05, 0.1) is 12.3 Å². The summed E-state index contributed by atoms with van der Waals surface area (Å²) in [5, 5.41) is 8.36. The molecule has 0 atom stereocenters. The zero-order chi connectivity index (χ0) is 7.56. The van der Waals surface area contributed by atoms with Gasteiger partial charge in [-0.25, -0.2) is 4.98 Å². The van der Waals surface area contributed by atoms with Crippen LogP contribution in [0.2, 0.25) is 5.15 Å². The first-order valence-electron chi connectivity index (χ1n) is 2.59. The standard InChI is InChI=1S/C5H5ClN2O2/c6-4-5(10)7-1-3(2-9)8-4/h1,9H,2H2,(H,7,10). The molecule has 1 aromatic rings. The number of aromatic nitrogens is 2. The maximum absolute atomic E-state index is 10.6. The number of hydrogen-bond acceptors (Lipinski definition) is 3. The molecule has 5 heteroatoms. The van der Waals surface area contributed by atoms with Gasteiger partial charge in [-0.15, -0.1) is 0 Å². The van der Waals surface area contributed by atoms with Crippen LogP contribution in [0.15, 0.2) is 11.0 Å². The molecule has 0 bridgehead atoms. The summed E-state index contributed by atoms with van der Waals surface area (Å²) in [4.78, 5) is 16.4. The van der Waals surface area contributed by atoms with Gasteiger partial charge in [-0.1, -0.05) is 11.6 Å². The minimum Gasteiger partial charge on any atom is -0.390 e. The van der Waals surface area contributed by atoms with E-state index in [1.807, 2.05) is 0 Å². The molecular weight excluding hydrogens is 156 g/mol. The Balaban J connectivity index is 3.17. The van der Waals surface area contributed by atoms with Crippen LogP contribution in [0.25, 0.3) is 0 Å². The van der Waals surface area contributed by atoms with E-state index in [-0.39, 0.29) is 11.8 Å². The number of H-pyrrole nitrogens is 1. The van der Waals surface area contributed by atoms with Crippen LogP contribution in [0.3, 0.4) is 0 Å². The number of halogens is 1. The molecule has 0 spiro atoms. The number of aliphatic hydroxyl groups is 1. The molecule has 0 saturated carbocycles. The summed E-state index contributed by atoms with van der Waals surface area (Å²) in [6.07, 6.45) is 1.31. The lowest BCUT2D eigenvalue weighted by atomic mass is 10.5. The van der Waals surface area contributed by atoms with Gasteiger partial charge in [0, 0.05) is 6.20 Å². The highest BCUT2D eigenvalue weighted by Crippen LogP contribution is 1.95. The third-order valence-corrected chi connectivity index (χ3v) is 1.22. The van der Waals surface area contributed by atoms with Crippen molar-refractivity contribution in [3.63, 3.8) is 0 Å². The second-order valence-electron chi connectivity index (χ2n) is 1.67. The van der Waals surface area contributed by atoms with Gasteiger partial charge in [-0.2, -0.15) is 0 Å². The number of aromatic amines is 1. The van der Waals surface area contributed by atoms with Gasteiger partial charge >= 0.3 is 0 Å². The summed E-state index contributed by atoms with van der Waals surface area (Å²) >= 11 is 5.33. The fourth-order valence-electron chi connectivity index (χ4n) is 0.499. The Morgan fingerprint density at radius 2 is 2.50 bits per heavy atom. The summed E-state index contributed by atoms with van der Waals surface area (Å²) in [5.41, 5.74) is -0.0940. The third-order valence-electron chi connectivity index (χ3n) is 0.961. The molecule has 10 heavy (non-hydrogen) atoms. The molecule has 4 nitrogen and oxygen atoms in total. The van der Waals surface area contributed by atoms with Gasteiger partial charge in [0.2, 0.25) is 0 Å². The summed E-state index contributed by atoms with van der Waals surface area (Å²) in [6.45, 7) is -0.226. The SMILES string of the molecule is O=c1[nH]cc(CO)nc1Cl. The van der Waals surface area contributed by atoms with Crippen LogP contribution < -0.4 is 5.56 Å². The normalized spacial score (nSPS) is 9.80. The first-order chi connectivity index (χ1) is 4.74. The van der Waals surface area contributed by atoms with Gasteiger partial charge in [0.1, 0.15) is 0 Å². The first-order valence-corrected chi connectivity index (χ1v) is 2.97. The average molecular weight is 161 g/mol. The lowest BCUT2D eigenvalue weighted by Crippen LogP contribution is -2.09. The Kier molecular flexibility index (Phi) is 2.03. The number of nitrogens with zero attached hydrogens (tertiary/aromatic N) is 1. The Morgan fingerprint density at radius 3 is 3.00 bits per heavy atom. The van der Waals surface area contributed by atoms with Crippen molar-refractivity contribution in [2.45, 2.75) is 6.61 Å². The average Bonchev–Trinajstić information content (AvgIpc) is 1.95. The summed E-state index contributed by atoms with van der Waals surface area (Å²) in [6, 6.07) is 0. The Labute approximate surface area is 61.5 Å². The fourth-order valence-corrected chi connectivity index (χ4v) is 0.662. The van der Waals surface area contributed by atoms with Crippen LogP contribution in [-0.4, -0.2) is 15.1 Å². The molecule has 1 aromatic heterocycles. The monoisotopic (exact) mass is 160 g/mol. The smallest absolute Gasteiger partial charge is 0.285 e. The molecule has 0 amide bonds. The van der Waals surface area contributed by atoms with Gasteiger partial charge in [-0.3, -0.25) is 4.79 Å². The van der Waals surface area contributed by atoms with E-state index in [9.17, 15) is 4.79 Å². The van der Waals surface area contributed by atoms with Crippen LogP contribution in [0, 0.1) is 0 Å². The molecular formula is C5H5ClN2O2. The second kappa shape index (κ2) is 2.81. The number of rotatable bonds is 1. The van der Waals surface area contributed by atoms with Crippen molar-refractivity contribution in [3.8, 4) is 0 Å². The molecule has 0 aliphatic carbocycles. The molecule has 1 rings (SSSR count). The molecule has 0 fully saturated rings. The first kappa shape index (κ1) is 7.24. The Morgan fingerprint density at radius 1 is 1.80 bits per heavy atom. The van der Waals surface area contributed by atoms with E-state index < -0.39 is 5.56 Å². The summed E-state index contributed by atoms with van der Waals surface area (Å²) < 4.78 is 0. The number of nitrogens with one attached hydrogen (secondary N) is 1. The van der Waals surface area contributed by atoms with Gasteiger partial charge in [0.25, 0.3) is 5.56 Å². The van der Waals surface area contributed by atoms with Gasteiger partial charge in [-0.05, 0) is 0 Å². The molecule has 0 unspecified atom stereocenters. The van der Waals surface area contributed by atoms with Crippen molar-refractivity contribution in [2.75, 3.05) is 0 Å². The van der Waals surface area contributed by atoms with Crippen LogP contribution in [0.5, 0.6) is 0 Å². The molecule has 0 radical (unpaired) electrons. The van der Waals surface area contributed by atoms with Crippen molar-refractivity contribution in [3.05, 3.63) is 27.4 Å². The van der Waals surface area contributed by atoms with E-state index in [1.165, 1.54) is 6.20 Å². The van der Waals surface area contributed by atoms with Crippen molar-refractivity contribution in [1.82, 2.24) is 9.97 Å². The van der Waals surface area contributed by atoms with Crippen LogP contribution >= 0.6 is 11.6 Å².